The molecule has 0 radical (unpaired) electrons. The maximum Gasteiger partial charge on any atom is 0.250 e. The quantitative estimate of drug-likeness (QED) is 0.743. The lowest BCUT2D eigenvalue weighted by atomic mass is 10.1. The molecule has 1 heterocycles. The first-order chi connectivity index (χ1) is 8.91. The van der Waals surface area contributed by atoms with Crippen LogP contribution in [0.15, 0.2) is 18.2 Å². The monoisotopic (exact) mass is 283 g/mol. The van der Waals surface area contributed by atoms with E-state index in [9.17, 15) is 13.2 Å². The number of rotatable bonds is 2. The van der Waals surface area contributed by atoms with E-state index in [0.29, 0.717) is 30.9 Å². The van der Waals surface area contributed by atoms with Crippen molar-refractivity contribution in [3.05, 3.63) is 23.8 Å². The van der Waals surface area contributed by atoms with Gasteiger partial charge in [0.15, 0.2) is 9.84 Å². The van der Waals surface area contributed by atoms with Gasteiger partial charge in [0, 0.05) is 13.1 Å². The second kappa shape index (κ2) is 5.08. The molecule has 0 aliphatic carbocycles. The summed E-state index contributed by atoms with van der Waals surface area (Å²) in [4.78, 5) is 13.2. The molecule has 1 aromatic carbocycles. The Hall–Kier alpha value is -1.76. The molecule has 0 saturated carbocycles. The third-order valence-electron chi connectivity index (χ3n) is 3.24. The highest BCUT2D eigenvalue weighted by Gasteiger charge is 2.21. The summed E-state index contributed by atoms with van der Waals surface area (Å²) in [7, 11) is -2.97. The number of para-hydroxylation sites is 1. The van der Waals surface area contributed by atoms with E-state index in [1.54, 1.807) is 18.2 Å². The molecular weight excluding hydrogens is 266 g/mol. The third kappa shape index (κ3) is 2.98. The zero-order valence-electron chi connectivity index (χ0n) is 10.5. The Morgan fingerprint density at radius 1 is 1.21 bits per heavy atom. The average Bonchev–Trinajstić information content (AvgIpc) is 2.50. The van der Waals surface area contributed by atoms with Crippen molar-refractivity contribution in [1.29, 1.82) is 0 Å². The third-order valence-corrected chi connectivity index (χ3v) is 4.96. The zero-order valence-corrected chi connectivity index (χ0v) is 11.3. The first-order valence-electron chi connectivity index (χ1n) is 6.04. The van der Waals surface area contributed by atoms with Crippen LogP contribution in [0.4, 0.5) is 11.4 Å². The van der Waals surface area contributed by atoms with Crippen molar-refractivity contribution >= 4 is 27.1 Å². The molecule has 0 aromatic heterocycles. The van der Waals surface area contributed by atoms with Gasteiger partial charge in [0.1, 0.15) is 0 Å². The smallest absolute Gasteiger partial charge is 0.250 e. The molecule has 0 bridgehead atoms. The summed E-state index contributed by atoms with van der Waals surface area (Å²) in [6.45, 7) is 0.987. The summed E-state index contributed by atoms with van der Waals surface area (Å²) in [5, 5.41) is 0. The summed E-state index contributed by atoms with van der Waals surface area (Å²) in [5.74, 6) is -0.284. The molecule has 0 atom stereocenters. The number of amides is 1. The van der Waals surface area contributed by atoms with Crippen molar-refractivity contribution in [2.45, 2.75) is 6.42 Å². The molecule has 1 fully saturated rings. The highest BCUT2D eigenvalue weighted by molar-refractivity contribution is 7.91. The van der Waals surface area contributed by atoms with E-state index >= 15 is 0 Å². The lowest BCUT2D eigenvalue weighted by Gasteiger charge is -2.24. The second-order valence-corrected chi connectivity index (χ2v) is 6.90. The number of nitrogens with two attached hydrogens (primary N) is 2. The Labute approximate surface area is 112 Å². The van der Waals surface area contributed by atoms with E-state index in [4.69, 9.17) is 11.5 Å². The minimum absolute atomic E-state index is 0.104. The SMILES string of the molecule is NC(=O)c1cccc(N2CCCS(=O)(=O)CC2)c1N. The first kappa shape index (κ1) is 13.7. The Bertz CT molecular complexity index is 598. The highest BCUT2D eigenvalue weighted by Crippen LogP contribution is 2.27. The number of carbonyl (C=O) groups is 1. The van der Waals surface area contributed by atoms with Gasteiger partial charge in [-0.1, -0.05) is 6.07 Å². The van der Waals surface area contributed by atoms with Gasteiger partial charge in [-0.15, -0.1) is 0 Å². The number of hydrogen-bond acceptors (Lipinski definition) is 5. The van der Waals surface area contributed by atoms with E-state index in [1.165, 1.54) is 0 Å². The van der Waals surface area contributed by atoms with Crippen LogP contribution in [-0.4, -0.2) is 38.9 Å². The van der Waals surface area contributed by atoms with Crippen molar-refractivity contribution in [2.75, 3.05) is 35.2 Å². The largest absolute Gasteiger partial charge is 0.396 e. The molecule has 0 spiro atoms. The maximum absolute atomic E-state index is 11.6. The Balaban J connectivity index is 2.32. The summed E-state index contributed by atoms with van der Waals surface area (Å²) in [5.41, 5.74) is 12.5. The second-order valence-electron chi connectivity index (χ2n) is 4.60. The summed E-state index contributed by atoms with van der Waals surface area (Å²) >= 11 is 0. The van der Waals surface area contributed by atoms with Crippen LogP contribution in [0.1, 0.15) is 16.8 Å². The molecule has 1 amide bonds. The van der Waals surface area contributed by atoms with Crippen LogP contribution in [0, 0.1) is 0 Å². The van der Waals surface area contributed by atoms with Gasteiger partial charge in [0.05, 0.1) is 28.4 Å². The number of anilines is 2. The minimum Gasteiger partial charge on any atom is -0.396 e. The predicted molar refractivity (Wildman–Crippen MR) is 74.9 cm³/mol. The van der Waals surface area contributed by atoms with Gasteiger partial charge < -0.3 is 16.4 Å². The highest BCUT2D eigenvalue weighted by atomic mass is 32.2. The lowest BCUT2D eigenvalue weighted by Crippen LogP contribution is -2.28. The van der Waals surface area contributed by atoms with Crippen LogP contribution in [0.2, 0.25) is 0 Å². The lowest BCUT2D eigenvalue weighted by molar-refractivity contribution is 0.100. The van der Waals surface area contributed by atoms with Gasteiger partial charge in [0.25, 0.3) is 5.91 Å². The molecule has 2 rings (SSSR count). The molecule has 1 saturated heterocycles. The summed E-state index contributed by atoms with van der Waals surface area (Å²) < 4.78 is 23.2. The van der Waals surface area contributed by atoms with Crippen molar-refractivity contribution in [3.63, 3.8) is 0 Å². The summed E-state index contributed by atoms with van der Waals surface area (Å²) in [6, 6.07) is 5.04. The number of nitrogen functional groups attached to an aromatic ring is 1. The van der Waals surface area contributed by atoms with Gasteiger partial charge in [-0.25, -0.2) is 8.42 Å². The van der Waals surface area contributed by atoms with E-state index in [1.807, 2.05) is 4.90 Å². The van der Waals surface area contributed by atoms with Gasteiger partial charge in [-0.3, -0.25) is 4.79 Å². The fourth-order valence-corrected chi connectivity index (χ4v) is 3.49. The van der Waals surface area contributed by atoms with E-state index in [-0.39, 0.29) is 17.1 Å². The normalized spacial score (nSPS) is 18.8. The van der Waals surface area contributed by atoms with Crippen LogP contribution in [-0.2, 0) is 9.84 Å². The number of hydrogen-bond donors (Lipinski definition) is 2. The Morgan fingerprint density at radius 3 is 2.63 bits per heavy atom. The Kier molecular flexibility index (Phi) is 3.66. The molecule has 1 aliphatic heterocycles. The first-order valence-corrected chi connectivity index (χ1v) is 7.86. The van der Waals surface area contributed by atoms with Crippen molar-refractivity contribution in [1.82, 2.24) is 0 Å². The van der Waals surface area contributed by atoms with Crippen molar-refractivity contribution in [2.24, 2.45) is 5.73 Å². The predicted octanol–water partition coefficient (Wildman–Crippen LogP) is -0.00740. The molecule has 1 aromatic rings. The molecule has 104 valence electrons. The van der Waals surface area contributed by atoms with Gasteiger partial charge in [-0.2, -0.15) is 0 Å². The maximum atomic E-state index is 11.6. The van der Waals surface area contributed by atoms with Crippen LogP contribution in [0.3, 0.4) is 0 Å². The van der Waals surface area contributed by atoms with E-state index < -0.39 is 15.7 Å². The Morgan fingerprint density at radius 2 is 1.95 bits per heavy atom. The van der Waals surface area contributed by atoms with Crippen LogP contribution in [0.25, 0.3) is 0 Å². The summed E-state index contributed by atoms with van der Waals surface area (Å²) in [6.07, 6.45) is 0.558. The molecule has 0 unspecified atom stereocenters. The number of nitrogens with zero attached hydrogens (tertiary/aromatic N) is 1. The number of benzene rings is 1. The van der Waals surface area contributed by atoms with Gasteiger partial charge >= 0.3 is 0 Å². The minimum atomic E-state index is -2.97. The fraction of sp³-hybridized carbons (Fsp3) is 0.417. The average molecular weight is 283 g/mol. The van der Waals surface area contributed by atoms with E-state index in [2.05, 4.69) is 0 Å². The zero-order chi connectivity index (χ0) is 14.0. The van der Waals surface area contributed by atoms with Gasteiger partial charge in [0.2, 0.25) is 0 Å². The number of sulfone groups is 1. The van der Waals surface area contributed by atoms with Gasteiger partial charge in [-0.05, 0) is 18.6 Å². The van der Waals surface area contributed by atoms with Crippen molar-refractivity contribution in [3.8, 4) is 0 Å². The molecule has 7 heteroatoms. The van der Waals surface area contributed by atoms with E-state index in [0.717, 1.165) is 0 Å². The van der Waals surface area contributed by atoms with Crippen LogP contribution in [0.5, 0.6) is 0 Å². The van der Waals surface area contributed by atoms with Crippen molar-refractivity contribution < 1.29 is 13.2 Å². The molecule has 1 aliphatic rings. The molecular formula is C12H17N3O3S. The van der Waals surface area contributed by atoms with Crippen LogP contribution < -0.4 is 16.4 Å². The fourth-order valence-electron chi connectivity index (χ4n) is 2.22. The number of primary amides is 1. The topological polar surface area (TPSA) is 106 Å². The number of carbonyl (C=O) groups excluding carboxylic acids is 1. The molecule has 6 nitrogen and oxygen atoms in total. The molecule has 19 heavy (non-hydrogen) atoms. The molecule has 4 N–H and O–H groups in total. The van der Waals surface area contributed by atoms with Crippen LogP contribution >= 0.6 is 0 Å². The standard InChI is InChI=1S/C12H17N3O3S/c13-11-9(12(14)16)3-1-4-10(11)15-5-2-7-19(17,18)8-6-15/h1,3-4H,2,5-8,13H2,(H2,14,16).